The molecule has 1 aromatic rings. The van der Waals surface area contributed by atoms with Crippen LogP contribution in [-0.4, -0.2) is 30.3 Å². The zero-order valence-electron chi connectivity index (χ0n) is 11.7. The normalized spacial score (nSPS) is 14.0. The lowest BCUT2D eigenvalue weighted by atomic mass is 10.1. The van der Waals surface area contributed by atoms with Crippen LogP contribution in [0.1, 0.15) is 23.6 Å². The summed E-state index contributed by atoms with van der Waals surface area (Å²) in [5.74, 6) is -0.892. The minimum atomic E-state index is -1.57. The fraction of sp³-hybridized carbons (Fsp3) is 0.500. The van der Waals surface area contributed by atoms with Crippen molar-refractivity contribution >= 4 is 5.97 Å². The summed E-state index contributed by atoms with van der Waals surface area (Å²) in [6.07, 6.45) is 0. The summed E-state index contributed by atoms with van der Waals surface area (Å²) in [5, 5.41) is 12.8. The summed E-state index contributed by atoms with van der Waals surface area (Å²) in [6.45, 7) is 5.30. The topological polar surface area (TPSA) is 58.6 Å². The molecule has 0 aliphatic rings. The van der Waals surface area contributed by atoms with Gasteiger partial charge in [0.25, 0.3) is 0 Å². The first-order valence-corrected chi connectivity index (χ1v) is 6.05. The average Bonchev–Trinajstić information content (AvgIpc) is 2.34. The molecule has 2 N–H and O–H groups in total. The molecule has 0 aliphatic heterocycles. The van der Waals surface area contributed by atoms with Crippen molar-refractivity contribution in [1.29, 1.82) is 0 Å². The number of carbonyl (C=O) groups excluding carboxylic acids is 1. The minimum absolute atomic E-state index is 0.0646. The number of rotatable bonds is 5. The lowest BCUT2D eigenvalue weighted by molar-refractivity contribution is -0.159. The molecular weight excluding hydrogens is 249 g/mol. The highest BCUT2D eigenvalue weighted by Gasteiger charge is 2.30. The van der Waals surface area contributed by atoms with Gasteiger partial charge in [0.2, 0.25) is 0 Å². The third kappa shape index (κ3) is 4.01. The fourth-order valence-corrected chi connectivity index (χ4v) is 1.88. The zero-order chi connectivity index (χ0) is 14.6. The highest BCUT2D eigenvalue weighted by molar-refractivity contribution is 5.78. The van der Waals surface area contributed by atoms with Gasteiger partial charge in [-0.3, -0.25) is 0 Å². The van der Waals surface area contributed by atoms with Crippen LogP contribution in [0.25, 0.3) is 0 Å². The number of carbonyl (C=O) groups is 1. The quantitative estimate of drug-likeness (QED) is 0.794. The van der Waals surface area contributed by atoms with Crippen LogP contribution >= 0.6 is 0 Å². The second kappa shape index (κ2) is 6.12. The van der Waals surface area contributed by atoms with E-state index >= 15 is 0 Å². The lowest BCUT2D eigenvalue weighted by Crippen LogP contribution is -2.45. The van der Waals surface area contributed by atoms with Crippen LogP contribution in [-0.2, 0) is 16.1 Å². The number of ether oxygens (including phenoxy) is 1. The van der Waals surface area contributed by atoms with E-state index in [0.717, 1.165) is 5.56 Å². The van der Waals surface area contributed by atoms with Gasteiger partial charge in [-0.2, -0.15) is 0 Å². The Morgan fingerprint density at radius 1 is 1.42 bits per heavy atom. The van der Waals surface area contributed by atoms with Crippen LogP contribution in [0, 0.1) is 19.7 Å². The predicted octanol–water partition coefficient (Wildman–Crippen LogP) is 1.46. The Morgan fingerprint density at radius 3 is 2.42 bits per heavy atom. The Kier molecular flexibility index (Phi) is 5.03. The summed E-state index contributed by atoms with van der Waals surface area (Å²) < 4.78 is 17.9. The number of benzene rings is 1. The molecule has 0 aliphatic carbocycles. The second-order valence-electron chi connectivity index (χ2n) is 4.91. The molecular formula is C14H20FNO3. The van der Waals surface area contributed by atoms with E-state index in [1.165, 1.54) is 14.0 Å². The van der Waals surface area contributed by atoms with Crippen LogP contribution in [0.4, 0.5) is 4.39 Å². The number of hydrogen-bond donors (Lipinski definition) is 2. The molecule has 0 radical (unpaired) electrons. The molecule has 0 heterocycles. The highest BCUT2D eigenvalue weighted by atomic mass is 19.1. The van der Waals surface area contributed by atoms with Gasteiger partial charge in [0.05, 0.1) is 7.11 Å². The Bertz CT molecular complexity index is 449. The zero-order valence-corrected chi connectivity index (χ0v) is 11.7. The van der Waals surface area contributed by atoms with Gasteiger partial charge in [-0.15, -0.1) is 0 Å². The van der Waals surface area contributed by atoms with Gasteiger partial charge in [-0.25, -0.2) is 9.18 Å². The molecule has 0 saturated carbocycles. The molecule has 106 valence electrons. The average molecular weight is 269 g/mol. The summed E-state index contributed by atoms with van der Waals surface area (Å²) in [6, 6.07) is 3.48. The van der Waals surface area contributed by atoms with Gasteiger partial charge in [-0.1, -0.05) is 12.1 Å². The number of hydrogen-bond acceptors (Lipinski definition) is 4. The number of esters is 1. The molecule has 0 bridgehead atoms. The fourth-order valence-electron chi connectivity index (χ4n) is 1.88. The van der Waals surface area contributed by atoms with Gasteiger partial charge >= 0.3 is 5.97 Å². The number of aryl methyl sites for hydroxylation is 2. The predicted molar refractivity (Wildman–Crippen MR) is 70.2 cm³/mol. The molecule has 1 aromatic carbocycles. The van der Waals surface area contributed by atoms with E-state index in [2.05, 4.69) is 10.1 Å². The molecule has 19 heavy (non-hydrogen) atoms. The van der Waals surface area contributed by atoms with E-state index in [0.29, 0.717) is 17.7 Å². The lowest BCUT2D eigenvalue weighted by Gasteiger charge is -2.20. The van der Waals surface area contributed by atoms with E-state index in [-0.39, 0.29) is 12.4 Å². The molecule has 1 unspecified atom stereocenters. The van der Waals surface area contributed by atoms with E-state index in [4.69, 9.17) is 0 Å². The summed E-state index contributed by atoms with van der Waals surface area (Å²) >= 11 is 0. The molecule has 0 saturated heterocycles. The molecule has 0 amide bonds. The van der Waals surface area contributed by atoms with Gasteiger partial charge < -0.3 is 15.2 Å². The van der Waals surface area contributed by atoms with Crippen LogP contribution < -0.4 is 5.32 Å². The minimum Gasteiger partial charge on any atom is -0.467 e. The highest BCUT2D eigenvalue weighted by Crippen LogP contribution is 2.14. The van der Waals surface area contributed by atoms with Crippen molar-refractivity contribution in [2.75, 3.05) is 13.7 Å². The number of methoxy groups -OCH3 is 1. The smallest absolute Gasteiger partial charge is 0.338 e. The van der Waals surface area contributed by atoms with Crippen molar-refractivity contribution < 1.29 is 19.0 Å². The van der Waals surface area contributed by atoms with Crippen LogP contribution in [0.2, 0.25) is 0 Å². The van der Waals surface area contributed by atoms with E-state index in [1.807, 2.05) is 0 Å². The van der Waals surface area contributed by atoms with Gasteiger partial charge in [0.1, 0.15) is 5.82 Å². The van der Waals surface area contributed by atoms with E-state index in [9.17, 15) is 14.3 Å². The Morgan fingerprint density at radius 2 is 1.95 bits per heavy atom. The second-order valence-corrected chi connectivity index (χ2v) is 4.91. The van der Waals surface area contributed by atoms with Crippen LogP contribution in [0.3, 0.4) is 0 Å². The van der Waals surface area contributed by atoms with Crippen molar-refractivity contribution in [3.8, 4) is 0 Å². The van der Waals surface area contributed by atoms with Gasteiger partial charge in [0.15, 0.2) is 5.60 Å². The molecule has 0 spiro atoms. The van der Waals surface area contributed by atoms with Crippen LogP contribution in [0.5, 0.6) is 0 Å². The van der Waals surface area contributed by atoms with Crippen LogP contribution in [0.15, 0.2) is 12.1 Å². The maximum absolute atomic E-state index is 13.5. The van der Waals surface area contributed by atoms with Crippen molar-refractivity contribution in [1.82, 2.24) is 5.32 Å². The van der Waals surface area contributed by atoms with Crippen molar-refractivity contribution in [2.24, 2.45) is 0 Å². The van der Waals surface area contributed by atoms with Crippen molar-refractivity contribution in [3.63, 3.8) is 0 Å². The third-order valence-corrected chi connectivity index (χ3v) is 2.92. The summed E-state index contributed by atoms with van der Waals surface area (Å²) in [5.41, 5.74) is 0.490. The number of halogens is 1. The molecule has 1 rings (SSSR count). The number of nitrogens with one attached hydrogen (secondary N) is 1. The first kappa shape index (κ1) is 15.6. The largest absolute Gasteiger partial charge is 0.467 e. The Hall–Kier alpha value is -1.46. The third-order valence-electron chi connectivity index (χ3n) is 2.92. The summed E-state index contributed by atoms with van der Waals surface area (Å²) in [7, 11) is 1.23. The Labute approximate surface area is 112 Å². The SMILES string of the molecule is COC(=O)C(C)(O)CNCc1cc(C)c(F)c(C)c1. The first-order chi connectivity index (χ1) is 8.77. The summed E-state index contributed by atoms with van der Waals surface area (Å²) in [4.78, 5) is 11.3. The van der Waals surface area contributed by atoms with Gasteiger partial charge in [0, 0.05) is 13.1 Å². The number of aliphatic hydroxyl groups is 1. The standard InChI is InChI=1S/C14H20FNO3/c1-9-5-11(6-10(2)12(9)15)7-16-8-14(3,18)13(17)19-4/h5-6,16,18H,7-8H2,1-4H3. The monoisotopic (exact) mass is 269 g/mol. The molecule has 1 atom stereocenters. The van der Waals surface area contributed by atoms with Gasteiger partial charge in [-0.05, 0) is 37.5 Å². The van der Waals surface area contributed by atoms with E-state index in [1.54, 1.807) is 26.0 Å². The maximum Gasteiger partial charge on any atom is 0.338 e. The van der Waals surface area contributed by atoms with E-state index < -0.39 is 11.6 Å². The maximum atomic E-state index is 13.5. The first-order valence-electron chi connectivity index (χ1n) is 6.05. The molecule has 4 nitrogen and oxygen atoms in total. The Balaban J connectivity index is 2.61. The van der Waals surface area contributed by atoms with Crippen molar-refractivity contribution in [2.45, 2.75) is 32.9 Å². The van der Waals surface area contributed by atoms with Crippen molar-refractivity contribution in [3.05, 3.63) is 34.6 Å². The molecule has 0 fully saturated rings. The molecule has 0 aromatic heterocycles. The molecule has 5 heteroatoms.